The Kier molecular flexibility index (Phi) is 4.89. The molecule has 0 bridgehead atoms. The Hall–Kier alpha value is -1.26. The molecule has 0 aliphatic rings. The molecule has 0 aliphatic heterocycles. The summed E-state index contributed by atoms with van der Waals surface area (Å²) in [5, 5.41) is 4.44. The van der Waals surface area contributed by atoms with Gasteiger partial charge in [-0.25, -0.2) is 0 Å². The maximum atomic E-state index is 12.3. The van der Waals surface area contributed by atoms with Gasteiger partial charge in [0.2, 0.25) is 0 Å². The van der Waals surface area contributed by atoms with Gasteiger partial charge in [0.05, 0.1) is 6.04 Å². The third-order valence-corrected chi connectivity index (χ3v) is 3.60. The minimum Gasteiger partial charge on any atom is -0.361 e. The number of aromatic nitrogens is 1. The molecule has 2 atom stereocenters. The van der Waals surface area contributed by atoms with Gasteiger partial charge in [0.1, 0.15) is 0 Å². The Morgan fingerprint density at radius 1 is 1.30 bits per heavy atom. The van der Waals surface area contributed by atoms with E-state index in [0.717, 1.165) is 5.52 Å². The van der Waals surface area contributed by atoms with Gasteiger partial charge in [0, 0.05) is 28.4 Å². The maximum absolute atomic E-state index is 12.3. The number of rotatable bonds is 6. The average Bonchev–Trinajstić information content (AvgIpc) is 2.80. The number of para-hydroxylation sites is 1. The van der Waals surface area contributed by atoms with Crippen LogP contribution in [0.25, 0.3) is 10.9 Å². The maximum Gasteiger partial charge on any atom is 0.152 e. The number of aromatic amines is 1. The van der Waals surface area contributed by atoms with Crippen molar-refractivity contribution < 1.29 is 4.79 Å². The molecule has 0 aliphatic carbocycles. The van der Waals surface area contributed by atoms with Gasteiger partial charge in [-0.2, -0.15) is 12.6 Å². The van der Waals surface area contributed by atoms with E-state index in [1.54, 1.807) is 0 Å². The number of fused-ring (bicyclic) bond motifs is 1. The molecular weight excluding hydrogens is 268 g/mol. The van der Waals surface area contributed by atoms with Gasteiger partial charge in [-0.15, -0.1) is 0 Å². The quantitative estimate of drug-likeness (QED) is 0.565. The van der Waals surface area contributed by atoms with E-state index in [-0.39, 0.29) is 23.1 Å². The predicted molar refractivity (Wildman–Crippen MR) is 87.2 cm³/mol. The molecule has 1 heterocycles. The van der Waals surface area contributed by atoms with Crippen molar-refractivity contribution >= 4 is 29.3 Å². The van der Waals surface area contributed by atoms with E-state index < -0.39 is 0 Å². The van der Waals surface area contributed by atoms with Crippen LogP contribution in [0.15, 0.2) is 30.5 Å². The van der Waals surface area contributed by atoms with Crippen molar-refractivity contribution in [3.8, 4) is 0 Å². The van der Waals surface area contributed by atoms with Crippen molar-refractivity contribution in [3.63, 3.8) is 0 Å². The molecule has 0 saturated heterocycles. The summed E-state index contributed by atoms with van der Waals surface area (Å²) in [6.07, 6.45) is 2.68. The third kappa shape index (κ3) is 3.44. The fourth-order valence-electron chi connectivity index (χ4n) is 2.46. The molecule has 20 heavy (non-hydrogen) atoms. The summed E-state index contributed by atoms with van der Waals surface area (Å²) >= 11 is 4.35. The molecule has 0 fully saturated rings. The number of hydrogen-bond acceptors (Lipinski definition) is 3. The highest BCUT2D eigenvalue weighted by Crippen LogP contribution is 2.20. The van der Waals surface area contributed by atoms with Crippen LogP contribution in [0.5, 0.6) is 0 Å². The number of hydrogen-bond donors (Lipinski definition) is 3. The van der Waals surface area contributed by atoms with E-state index >= 15 is 0 Å². The van der Waals surface area contributed by atoms with Crippen molar-refractivity contribution in [1.29, 1.82) is 0 Å². The molecule has 108 valence electrons. The molecule has 0 radical (unpaired) electrons. The number of H-pyrrole nitrogens is 1. The second-order valence-electron chi connectivity index (χ2n) is 5.52. The minimum atomic E-state index is -0.193. The van der Waals surface area contributed by atoms with Crippen LogP contribution < -0.4 is 5.32 Å². The molecule has 3 nitrogen and oxygen atoms in total. The lowest BCUT2D eigenvalue weighted by Gasteiger charge is -2.21. The van der Waals surface area contributed by atoms with Gasteiger partial charge < -0.3 is 4.98 Å². The molecule has 1 aromatic heterocycles. The molecule has 0 spiro atoms. The summed E-state index contributed by atoms with van der Waals surface area (Å²) in [4.78, 5) is 15.6. The van der Waals surface area contributed by atoms with Crippen LogP contribution in [0.1, 0.15) is 26.3 Å². The van der Waals surface area contributed by atoms with E-state index in [1.165, 1.54) is 10.9 Å². The van der Waals surface area contributed by atoms with Gasteiger partial charge in [-0.3, -0.25) is 10.1 Å². The summed E-state index contributed by atoms with van der Waals surface area (Å²) < 4.78 is 0. The van der Waals surface area contributed by atoms with Crippen molar-refractivity contribution in [1.82, 2.24) is 10.3 Å². The molecule has 2 N–H and O–H groups in total. The average molecular weight is 290 g/mol. The van der Waals surface area contributed by atoms with Gasteiger partial charge >= 0.3 is 0 Å². The molecular formula is C16H22N2OS. The van der Waals surface area contributed by atoms with Crippen LogP contribution in [-0.2, 0) is 11.2 Å². The van der Waals surface area contributed by atoms with E-state index in [2.05, 4.69) is 29.0 Å². The van der Waals surface area contributed by atoms with Gasteiger partial charge in [0.15, 0.2) is 5.78 Å². The Balaban J connectivity index is 2.25. The first-order chi connectivity index (χ1) is 9.49. The van der Waals surface area contributed by atoms with Crippen molar-refractivity contribution in [3.05, 3.63) is 36.0 Å². The van der Waals surface area contributed by atoms with Gasteiger partial charge in [-0.1, -0.05) is 32.0 Å². The summed E-state index contributed by atoms with van der Waals surface area (Å²) in [5.74, 6) is 0.251. The first kappa shape index (κ1) is 15.1. The van der Waals surface area contributed by atoms with Gasteiger partial charge in [0.25, 0.3) is 0 Å². The second-order valence-corrected chi connectivity index (χ2v) is 6.29. The van der Waals surface area contributed by atoms with Crippen molar-refractivity contribution in [2.75, 3.05) is 0 Å². The summed E-state index contributed by atoms with van der Waals surface area (Å²) in [5.41, 5.74) is 2.28. The lowest BCUT2D eigenvalue weighted by Crippen LogP contribution is -2.43. The third-order valence-electron chi connectivity index (χ3n) is 3.45. The highest BCUT2D eigenvalue weighted by molar-refractivity contribution is 7.80. The van der Waals surface area contributed by atoms with E-state index in [9.17, 15) is 4.79 Å². The SMILES string of the molecule is CC(S)N[C@@H](Cc1c[nH]c2ccccc12)C(=O)C(C)C. The smallest absolute Gasteiger partial charge is 0.152 e. The summed E-state index contributed by atoms with van der Waals surface area (Å²) in [6.45, 7) is 5.82. The number of carbonyl (C=O) groups is 1. The fourth-order valence-corrected chi connectivity index (χ4v) is 2.64. The minimum absolute atomic E-state index is 0.00657. The number of benzene rings is 1. The van der Waals surface area contributed by atoms with Crippen LogP contribution >= 0.6 is 12.6 Å². The Bertz CT molecular complexity index is 589. The Morgan fingerprint density at radius 2 is 2.00 bits per heavy atom. The normalized spacial score (nSPS) is 14.7. The van der Waals surface area contributed by atoms with Crippen LogP contribution in [0.2, 0.25) is 0 Å². The standard InChI is InChI=1S/C16H22N2OS/c1-10(2)16(19)15(18-11(3)20)8-12-9-17-14-7-5-4-6-13(12)14/h4-7,9-11,15,17-18,20H,8H2,1-3H3/t11?,15-/m0/s1. The first-order valence-electron chi connectivity index (χ1n) is 7.02. The van der Waals surface area contributed by atoms with Crippen molar-refractivity contribution in [2.24, 2.45) is 5.92 Å². The fraction of sp³-hybridized carbons (Fsp3) is 0.438. The number of ketones is 1. The zero-order chi connectivity index (χ0) is 14.7. The highest BCUT2D eigenvalue weighted by Gasteiger charge is 2.23. The molecule has 0 saturated carbocycles. The zero-order valence-corrected chi connectivity index (χ0v) is 13.1. The summed E-state index contributed by atoms with van der Waals surface area (Å²) in [6, 6.07) is 7.97. The monoisotopic (exact) mass is 290 g/mol. The van der Waals surface area contributed by atoms with Crippen LogP contribution in [0.4, 0.5) is 0 Å². The highest BCUT2D eigenvalue weighted by atomic mass is 32.1. The Labute approximate surface area is 125 Å². The van der Waals surface area contributed by atoms with E-state index in [0.29, 0.717) is 6.42 Å². The summed E-state index contributed by atoms with van der Waals surface area (Å²) in [7, 11) is 0. The second kappa shape index (κ2) is 6.46. The number of carbonyl (C=O) groups excluding carboxylic acids is 1. The topological polar surface area (TPSA) is 44.9 Å². The number of thiol groups is 1. The lowest BCUT2D eigenvalue weighted by atomic mass is 9.95. The largest absolute Gasteiger partial charge is 0.361 e. The number of nitrogens with one attached hydrogen (secondary N) is 2. The molecule has 2 aromatic rings. The molecule has 1 aromatic carbocycles. The molecule has 2 rings (SSSR count). The molecule has 4 heteroatoms. The van der Waals surface area contributed by atoms with Crippen LogP contribution in [0, 0.1) is 5.92 Å². The zero-order valence-electron chi connectivity index (χ0n) is 12.2. The lowest BCUT2D eigenvalue weighted by molar-refractivity contribution is -0.124. The number of Topliss-reactive ketones (excluding diaryl/α,β-unsaturated/α-hetero) is 1. The van der Waals surface area contributed by atoms with E-state index in [4.69, 9.17) is 0 Å². The predicted octanol–water partition coefficient (Wildman–Crippen LogP) is 3.17. The molecule has 0 amide bonds. The van der Waals surface area contributed by atoms with Crippen LogP contribution in [-0.4, -0.2) is 22.2 Å². The van der Waals surface area contributed by atoms with E-state index in [1.807, 2.05) is 45.2 Å². The van der Waals surface area contributed by atoms with Crippen LogP contribution in [0.3, 0.4) is 0 Å². The van der Waals surface area contributed by atoms with Gasteiger partial charge in [-0.05, 0) is 25.0 Å². The molecule has 1 unspecified atom stereocenters. The first-order valence-corrected chi connectivity index (χ1v) is 7.53. The Morgan fingerprint density at radius 3 is 2.65 bits per heavy atom. The van der Waals surface area contributed by atoms with Crippen molar-refractivity contribution in [2.45, 2.75) is 38.6 Å².